The van der Waals surface area contributed by atoms with Crippen molar-refractivity contribution in [3.63, 3.8) is 0 Å². The highest BCUT2D eigenvalue weighted by Crippen LogP contribution is 2.44. The van der Waals surface area contributed by atoms with Gasteiger partial charge < -0.3 is 24.0 Å². The third-order valence-corrected chi connectivity index (χ3v) is 4.92. The van der Waals surface area contributed by atoms with E-state index in [0.29, 0.717) is 59.2 Å². The Kier molecular flexibility index (Phi) is 9.47. The quantitative estimate of drug-likeness (QED) is 0.494. The number of methoxy groups -OCH3 is 2. The van der Waals surface area contributed by atoms with E-state index < -0.39 is 5.60 Å². The standard InChI is InChI=1S/C16H21Cl3N2O3.C2H4O2/c1-16(2,3)24-15(22)21-7-5-20(6-8-21)14-11(23-4)9-10(17)12(18)13(14)19;1-4-2-3/h9H,5-8H2,1-4H3;2H,1H3. The summed E-state index contributed by atoms with van der Waals surface area (Å²) in [5.74, 6) is 0.556. The Morgan fingerprint density at radius 2 is 1.61 bits per heavy atom. The average molecular weight is 456 g/mol. The van der Waals surface area contributed by atoms with Crippen LogP contribution in [-0.4, -0.2) is 63.5 Å². The maximum absolute atomic E-state index is 12.1. The highest BCUT2D eigenvalue weighted by atomic mass is 35.5. The molecule has 1 aromatic carbocycles. The van der Waals surface area contributed by atoms with E-state index in [1.807, 2.05) is 25.7 Å². The summed E-state index contributed by atoms with van der Waals surface area (Å²) in [4.78, 5) is 24.8. The van der Waals surface area contributed by atoms with Gasteiger partial charge >= 0.3 is 6.09 Å². The smallest absolute Gasteiger partial charge is 0.410 e. The van der Waals surface area contributed by atoms with Gasteiger partial charge in [-0.15, -0.1) is 0 Å². The van der Waals surface area contributed by atoms with Crippen molar-refractivity contribution < 1.29 is 23.8 Å². The lowest BCUT2D eigenvalue weighted by atomic mass is 10.2. The molecule has 0 aliphatic carbocycles. The van der Waals surface area contributed by atoms with Crippen molar-refractivity contribution in [2.45, 2.75) is 26.4 Å². The van der Waals surface area contributed by atoms with Crippen LogP contribution >= 0.6 is 34.8 Å². The number of halogens is 3. The zero-order valence-electron chi connectivity index (χ0n) is 16.6. The Morgan fingerprint density at radius 3 is 2.04 bits per heavy atom. The highest BCUT2D eigenvalue weighted by Gasteiger charge is 2.28. The van der Waals surface area contributed by atoms with Gasteiger partial charge in [-0.3, -0.25) is 4.79 Å². The molecule has 10 heteroatoms. The number of hydrogen-bond acceptors (Lipinski definition) is 6. The molecule has 0 unspecified atom stereocenters. The predicted molar refractivity (Wildman–Crippen MR) is 111 cm³/mol. The number of ether oxygens (including phenoxy) is 3. The first-order valence-corrected chi connectivity index (χ1v) is 9.59. The number of carbonyl (C=O) groups excluding carboxylic acids is 2. The second-order valence-corrected chi connectivity index (χ2v) is 7.99. The Labute approximate surface area is 180 Å². The van der Waals surface area contributed by atoms with Crippen LogP contribution in [0.2, 0.25) is 15.1 Å². The number of amides is 1. The third kappa shape index (κ3) is 6.79. The number of hydrogen-bond donors (Lipinski definition) is 0. The van der Waals surface area contributed by atoms with Crippen LogP contribution in [0.4, 0.5) is 10.5 Å². The summed E-state index contributed by atoms with van der Waals surface area (Å²) in [7, 11) is 2.86. The first-order chi connectivity index (χ1) is 13.1. The predicted octanol–water partition coefficient (Wildman–Crippen LogP) is 4.50. The van der Waals surface area contributed by atoms with Gasteiger partial charge in [0.05, 0.1) is 29.3 Å². The molecule has 7 nitrogen and oxygen atoms in total. The molecule has 0 saturated carbocycles. The van der Waals surface area contributed by atoms with Gasteiger partial charge in [0.1, 0.15) is 17.0 Å². The van der Waals surface area contributed by atoms with Crippen LogP contribution in [-0.2, 0) is 14.3 Å². The minimum absolute atomic E-state index is 0.295. The van der Waals surface area contributed by atoms with E-state index in [0.717, 1.165) is 0 Å². The molecule has 0 radical (unpaired) electrons. The number of anilines is 1. The van der Waals surface area contributed by atoms with Crippen molar-refractivity contribution in [3.8, 4) is 5.75 Å². The summed E-state index contributed by atoms with van der Waals surface area (Å²) in [6.45, 7) is 8.15. The van der Waals surface area contributed by atoms with E-state index in [2.05, 4.69) is 4.74 Å². The second-order valence-electron chi connectivity index (χ2n) is 6.82. The lowest BCUT2D eigenvalue weighted by molar-refractivity contribution is -0.126. The third-order valence-electron chi connectivity index (χ3n) is 3.67. The summed E-state index contributed by atoms with van der Waals surface area (Å²) in [5.41, 5.74) is 0.183. The van der Waals surface area contributed by atoms with Crippen molar-refractivity contribution in [1.29, 1.82) is 0 Å². The highest BCUT2D eigenvalue weighted by molar-refractivity contribution is 6.49. The first kappa shape index (κ1) is 24.5. The molecule has 0 bridgehead atoms. The van der Waals surface area contributed by atoms with E-state index in [4.69, 9.17) is 49.1 Å². The maximum Gasteiger partial charge on any atom is 0.410 e. The van der Waals surface area contributed by atoms with Gasteiger partial charge in [-0.1, -0.05) is 34.8 Å². The lowest BCUT2D eigenvalue weighted by Crippen LogP contribution is -2.50. The van der Waals surface area contributed by atoms with Crippen molar-refractivity contribution >= 4 is 53.1 Å². The van der Waals surface area contributed by atoms with E-state index in [1.165, 1.54) is 7.11 Å². The Balaban J connectivity index is 0.000000892. The molecular formula is C18H25Cl3N2O5. The van der Waals surface area contributed by atoms with Crippen LogP contribution in [0.15, 0.2) is 6.07 Å². The molecule has 0 spiro atoms. The molecule has 1 aromatic rings. The molecule has 158 valence electrons. The van der Waals surface area contributed by atoms with Crippen molar-refractivity contribution in [2.24, 2.45) is 0 Å². The molecule has 1 amide bonds. The maximum atomic E-state index is 12.1. The number of benzene rings is 1. The Morgan fingerprint density at radius 1 is 1.07 bits per heavy atom. The largest absolute Gasteiger partial charge is 0.494 e. The van der Waals surface area contributed by atoms with E-state index in [1.54, 1.807) is 18.1 Å². The molecule has 0 N–H and O–H groups in total. The summed E-state index contributed by atoms with van der Waals surface area (Å²) >= 11 is 18.6. The first-order valence-electron chi connectivity index (χ1n) is 8.46. The Hall–Kier alpha value is -1.57. The van der Waals surface area contributed by atoms with Crippen LogP contribution in [0.5, 0.6) is 5.75 Å². The SMILES string of the molecule is COC=O.COc1cc(Cl)c(Cl)c(Cl)c1N1CCN(C(=O)OC(C)(C)C)CC1. The van der Waals surface area contributed by atoms with Gasteiger partial charge in [0.2, 0.25) is 0 Å². The monoisotopic (exact) mass is 454 g/mol. The normalized spacial score (nSPS) is 14.0. The zero-order chi connectivity index (χ0) is 21.5. The summed E-state index contributed by atoms with van der Waals surface area (Å²) < 4.78 is 14.6. The van der Waals surface area contributed by atoms with E-state index in [-0.39, 0.29) is 6.09 Å². The van der Waals surface area contributed by atoms with Crippen molar-refractivity contribution in [3.05, 3.63) is 21.1 Å². The fourth-order valence-corrected chi connectivity index (χ4v) is 3.15. The van der Waals surface area contributed by atoms with Gasteiger partial charge in [0, 0.05) is 32.2 Å². The molecule has 1 aliphatic heterocycles. The van der Waals surface area contributed by atoms with Gasteiger partial charge in [0.15, 0.2) is 0 Å². The van der Waals surface area contributed by atoms with Crippen LogP contribution in [0.1, 0.15) is 20.8 Å². The van der Waals surface area contributed by atoms with Gasteiger partial charge in [-0.2, -0.15) is 0 Å². The lowest BCUT2D eigenvalue weighted by Gasteiger charge is -2.37. The molecule has 28 heavy (non-hydrogen) atoms. The Bertz CT molecular complexity index is 687. The average Bonchev–Trinajstić information content (AvgIpc) is 2.64. The minimum Gasteiger partial charge on any atom is -0.494 e. The molecule has 2 rings (SSSR count). The second kappa shape index (κ2) is 10.8. The van der Waals surface area contributed by atoms with E-state index in [9.17, 15) is 4.79 Å². The van der Waals surface area contributed by atoms with Crippen LogP contribution in [0.3, 0.4) is 0 Å². The number of carbonyl (C=O) groups is 2. The molecule has 0 atom stereocenters. The molecular weight excluding hydrogens is 431 g/mol. The number of nitrogens with zero attached hydrogens (tertiary/aromatic N) is 2. The van der Waals surface area contributed by atoms with E-state index >= 15 is 0 Å². The van der Waals surface area contributed by atoms with Crippen molar-refractivity contribution in [2.75, 3.05) is 45.3 Å². The number of piperazine rings is 1. The fraction of sp³-hybridized carbons (Fsp3) is 0.556. The fourth-order valence-electron chi connectivity index (χ4n) is 2.45. The molecule has 1 heterocycles. The van der Waals surface area contributed by atoms with Crippen LogP contribution < -0.4 is 9.64 Å². The number of rotatable bonds is 3. The topological polar surface area (TPSA) is 68.3 Å². The summed E-state index contributed by atoms with van der Waals surface area (Å²) in [6.07, 6.45) is -0.311. The van der Waals surface area contributed by atoms with Crippen LogP contribution in [0, 0.1) is 0 Å². The van der Waals surface area contributed by atoms with Gasteiger partial charge in [-0.25, -0.2) is 4.79 Å². The van der Waals surface area contributed by atoms with Crippen molar-refractivity contribution in [1.82, 2.24) is 4.90 Å². The zero-order valence-corrected chi connectivity index (χ0v) is 18.8. The summed E-state index contributed by atoms with van der Waals surface area (Å²) in [5, 5.41) is 0.991. The van der Waals surface area contributed by atoms with Gasteiger partial charge in [-0.05, 0) is 20.8 Å². The molecule has 1 fully saturated rings. The van der Waals surface area contributed by atoms with Crippen LogP contribution in [0.25, 0.3) is 0 Å². The minimum atomic E-state index is -0.509. The van der Waals surface area contributed by atoms with Gasteiger partial charge in [0.25, 0.3) is 6.47 Å². The summed E-state index contributed by atoms with van der Waals surface area (Å²) in [6, 6.07) is 1.64. The molecule has 1 aliphatic rings. The molecule has 1 saturated heterocycles. The molecule has 0 aromatic heterocycles.